The Kier molecular flexibility index (Phi) is 6.41. The Balaban J connectivity index is 1.86. The molecule has 0 atom stereocenters. The molecule has 3 aromatic rings. The molecule has 12 heteroatoms. The summed E-state index contributed by atoms with van der Waals surface area (Å²) in [7, 11) is 1.71. The normalized spacial score (nSPS) is 15.3. The van der Waals surface area contributed by atoms with Crippen LogP contribution in [0.25, 0.3) is 29.0 Å². The number of halogens is 6. The van der Waals surface area contributed by atoms with Crippen LogP contribution in [0, 0.1) is 0 Å². The first-order valence-electron chi connectivity index (χ1n) is 10.5. The van der Waals surface area contributed by atoms with Gasteiger partial charge in [-0.25, -0.2) is 14.7 Å². The van der Waals surface area contributed by atoms with Gasteiger partial charge < -0.3 is 0 Å². The van der Waals surface area contributed by atoms with Crippen LogP contribution in [-0.2, 0) is 17.1 Å². The molecule has 184 valence electrons. The maximum Gasteiger partial charge on any atom is 0.417 e. The second kappa shape index (κ2) is 9.17. The molecule has 0 saturated carbocycles. The summed E-state index contributed by atoms with van der Waals surface area (Å²) in [6, 6.07) is 9.03. The number of nitrogens with zero attached hydrogens (tertiary/aromatic N) is 5. The lowest BCUT2D eigenvalue weighted by Crippen LogP contribution is -2.37. The van der Waals surface area contributed by atoms with Gasteiger partial charge in [-0.3, -0.25) is 9.80 Å². The molecule has 0 N–H and O–H groups in total. The number of carbonyl (C=O) groups excluding carboxylic acids is 1. The zero-order valence-corrected chi connectivity index (χ0v) is 18.3. The average molecular weight is 495 g/mol. The molecule has 1 fully saturated rings. The molecule has 0 aliphatic carbocycles. The quantitative estimate of drug-likeness (QED) is 0.369. The van der Waals surface area contributed by atoms with Gasteiger partial charge >= 0.3 is 12.4 Å². The molecule has 1 amide bonds. The van der Waals surface area contributed by atoms with E-state index in [1.807, 2.05) is 0 Å². The third kappa shape index (κ3) is 5.06. The molecule has 1 aromatic heterocycles. The summed E-state index contributed by atoms with van der Waals surface area (Å²) < 4.78 is 82.7. The lowest BCUT2D eigenvalue weighted by atomic mass is 10.1. The molecule has 2 heterocycles. The van der Waals surface area contributed by atoms with Crippen LogP contribution in [0.2, 0.25) is 0 Å². The lowest BCUT2D eigenvalue weighted by molar-refractivity contribution is -0.137. The van der Waals surface area contributed by atoms with Crippen molar-refractivity contribution in [2.45, 2.75) is 18.8 Å². The molecule has 6 nitrogen and oxygen atoms in total. The lowest BCUT2D eigenvalue weighted by Gasteiger charge is -2.22. The fourth-order valence-corrected chi connectivity index (χ4v) is 3.82. The summed E-state index contributed by atoms with van der Waals surface area (Å²) >= 11 is 0. The van der Waals surface area contributed by atoms with Gasteiger partial charge in [-0.2, -0.15) is 26.3 Å². The second-order valence-corrected chi connectivity index (χ2v) is 7.80. The number of amides is 1. The zero-order valence-electron chi connectivity index (χ0n) is 18.3. The van der Waals surface area contributed by atoms with Crippen molar-refractivity contribution in [1.29, 1.82) is 0 Å². The van der Waals surface area contributed by atoms with Gasteiger partial charge in [-0.15, -0.1) is 5.10 Å². The van der Waals surface area contributed by atoms with Gasteiger partial charge in [-0.1, -0.05) is 36.4 Å². The third-order valence-corrected chi connectivity index (χ3v) is 5.45. The van der Waals surface area contributed by atoms with Crippen molar-refractivity contribution in [3.05, 3.63) is 65.7 Å². The van der Waals surface area contributed by atoms with Crippen LogP contribution in [-0.4, -0.2) is 50.8 Å². The summed E-state index contributed by atoms with van der Waals surface area (Å²) in [6.45, 7) is 1.12. The number of benzene rings is 2. The van der Waals surface area contributed by atoms with E-state index in [9.17, 15) is 31.1 Å². The molecule has 0 unspecified atom stereocenters. The maximum absolute atomic E-state index is 13.7. The van der Waals surface area contributed by atoms with Crippen molar-refractivity contribution in [1.82, 2.24) is 24.8 Å². The van der Waals surface area contributed by atoms with Crippen molar-refractivity contribution in [2.24, 2.45) is 0 Å². The van der Waals surface area contributed by atoms with E-state index in [1.54, 1.807) is 12.1 Å². The average Bonchev–Trinajstić information content (AvgIpc) is 3.42. The van der Waals surface area contributed by atoms with Crippen LogP contribution >= 0.6 is 0 Å². The van der Waals surface area contributed by atoms with Crippen LogP contribution in [0.3, 0.4) is 0 Å². The first kappa shape index (κ1) is 24.5. The SMILES string of the molecule is CN1CCCN1C(=O)/C=C\n1nc(-c2ccccc2C(F)(F)F)nc1-c1ccccc1C(F)(F)F. The second-order valence-electron chi connectivity index (χ2n) is 7.80. The van der Waals surface area contributed by atoms with Gasteiger partial charge in [0.2, 0.25) is 0 Å². The number of hydrogen-bond donors (Lipinski definition) is 0. The molecule has 2 aromatic carbocycles. The van der Waals surface area contributed by atoms with Crippen molar-refractivity contribution in [3.8, 4) is 22.8 Å². The highest BCUT2D eigenvalue weighted by molar-refractivity contribution is 5.90. The molecule has 1 aliphatic heterocycles. The number of alkyl halides is 6. The van der Waals surface area contributed by atoms with Crippen LogP contribution in [0.5, 0.6) is 0 Å². The Morgan fingerprint density at radius 3 is 2.03 bits per heavy atom. The Labute approximate surface area is 196 Å². The number of aromatic nitrogens is 3. The van der Waals surface area contributed by atoms with Gasteiger partial charge in [0.15, 0.2) is 11.6 Å². The molecular weight excluding hydrogens is 476 g/mol. The fraction of sp³-hybridized carbons (Fsp3) is 0.261. The highest BCUT2D eigenvalue weighted by atomic mass is 19.4. The van der Waals surface area contributed by atoms with E-state index in [2.05, 4.69) is 10.1 Å². The van der Waals surface area contributed by atoms with E-state index in [4.69, 9.17) is 0 Å². The van der Waals surface area contributed by atoms with E-state index < -0.39 is 46.3 Å². The summed E-state index contributed by atoms with van der Waals surface area (Å²) in [5.41, 5.74) is -2.86. The summed E-state index contributed by atoms with van der Waals surface area (Å²) in [4.78, 5) is 16.6. The van der Waals surface area contributed by atoms with Crippen molar-refractivity contribution in [3.63, 3.8) is 0 Å². The van der Waals surface area contributed by atoms with Gasteiger partial charge in [0.25, 0.3) is 5.91 Å². The van der Waals surface area contributed by atoms with Crippen LogP contribution in [0.4, 0.5) is 26.3 Å². The summed E-state index contributed by atoms with van der Waals surface area (Å²) in [5.74, 6) is -1.24. The van der Waals surface area contributed by atoms with Crippen LogP contribution < -0.4 is 0 Å². The fourth-order valence-electron chi connectivity index (χ4n) is 3.82. The van der Waals surface area contributed by atoms with Gasteiger partial charge in [0.05, 0.1) is 11.1 Å². The third-order valence-electron chi connectivity index (χ3n) is 5.45. The predicted molar refractivity (Wildman–Crippen MR) is 115 cm³/mol. The van der Waals surface area contributed by atoms with Gasteiger partial charge in [-0.05, 0) is 18.6 Å². The number of hydrogen-bond acceptors (Lipinski definition) is 4. The number of rotatable bonds is 4. The summed E-state index contributed by atoms with van der Waals surface area (Å²) in [5, 5.41) is 7.17. The number of carbonyl (C=O) groups is 1. The minimum Gasteiger partial charge on any atom is -0.272 e. The smallest absolute Gasteiger partial charge is 0.272 e. The molecule has 0 bridgehead atoms. The minimum absolute atomic E-state index is 0.358. The molecule has 1 saturated heterocycles. The van der Waals surface area contributed by atoms with Crippen LogP contribution in [0.15, 0.2) is 54.6 Å². The Morgan fingerprint density at radius 1 is 0.886 bits per heavy atom. The zero-order chi connectivity index (χ0) is 25.4. The molecule has 0 spiro atoms. The van der Waals surface area contributed by atoms with Gasteiger partial charge in [0, 0.05) is 43.5 Å². The largest absolute Gasteiger partial charge is 0.417 e. The van der Waals surface area contributed by atoms with E-state index in [0.717, 1.165) is 47.6 Å². The Morgan fingerprint density at radius 2 is 1.46 bits per heavy atom. The highest BCUT2D eigenvalue weighted by Gasteiger charge is 2.36. The Hall–Kier alpha value is -3.67. The van der Waals surface area contributed by atoms with Crippen molar-refractivity contribution < 1.29 is 31.1 Å². The standard InChI is InChI=1S/C23H19F6N5O/c1-32-12-6-13-34(32)19(35)11-14-33-21(16-8-3-5-10-18(16)23(27,28)29)30-20(31-33)15-7-2-4-9-17(15)22(24,25)26/h2-5,7-11,14H,6,12-13H2,1H3/b14-11-. The van der Waals surface area contributed by atoms with E-state index in [0.29, 0.717) is 13.1 Å². The molecule has 1 aliphatic rings. The van der Waals surface area contributed by atoms with Crippen LogP contribution in [0.1, 0.15) is 17.5 Å². The predicted octanol–water partition coefficient (Wildman–Crippen LogP) is 5.20. The first-order valence-corrected chi connectivity index (χ1v) is 10.5. The van der Waals surface area contributed by atoms with E-state index in [1.165, 1.54) is 29.3 Å². The topological polar surface area (TPSA) is 54.3 Å². The summed E-state index contributed by atoms with van der Waals surface area (Å²) in [6.07, 6.45) is -6.55. The van der Waals surface area contributed by atoms with E-state index in [-0.39, 0.29) is 5.82 Å². The minimum atomic E-state index is -4.75. The van der Waals surface area contributed by atoms with E-state index >= 15 is 0 Å². The molecule has 4 rings (SSSR count). The molecular formula is C23H19F6N5O. The number of hydrazine groups is 1. The van der Waals surface area contributed by atoms with Gasteiger partial charge in [0.1, 0.15) is 0 Å². The molecule has 0 radical (unpaired) electrons. The Bertz CT molecular complexity index is 1260. The van der Waals surface area contributed by atoms with Crippen molar-refractivity contribution >= 4 is 12.1 Å². The van der Waals surface area contributed by atoms with Crippen molar-refractivity contribution in [2.75, 3.05) is 20.1 Å². The monoisotopic (exact) mass is 495 g/mol. The first-order chi connectivity index (χ1) is 16.5. The maximum atomic E-state index is 13.7. The highest BCUT2D eigenvalue weighted by Crippen LogP contribution is 2.39. The molecule has 35 heavy (non-hydrogen) atoms.